The number of rotatable bonds is 9. The van der Waals surface area contributed by atoms with Crippen molar-refractivity contribution in [2.75, 3.05) is 6.61 Å². The number of esters is 1. The van der Waals surface area contributed by atoms with Crippen LogP contribution < -0.4 is 4.74 Å². The summed E-state index contributed by atoms with van der Waals surface area (Å²) in [6, 6.07) is 9.66. The quantitative estimate of drug-likeness (QED) is 0.176. The number of nitro benzene ring substituents is 1. The van der Waals surface area contributed by atoms with E-state index < -0.39 is 16.8 Å². The first-order valence-electron chi connectivity index (χ1n) is 11.1. The summed E-state index contributed by atoms with van der Waals surface area (Å²) < 4.78 is 12.1. The van der Waals surface area contributed by atoms with Crippen molar-refractivity contribution in [2.45, 2.75) is 33.3 Å². The minimum Gasteiger partial charge on any atom is -0.506 e. The molecule has 1 heterocycles. The fourth-order valence-electron chi connectivity index (χ4n) is 3.24. The van der Waals surface area contributed by atoms with Crippen LogP contribution in [-0.2, 0) is 20.9 Å². The van der Waals surface area contributed by atoms with Gasteiger partial charge < -0.3 is 14.6 Å². The minimum absolute atomic E-state index is 0.0235. The number of aliphatic imine (C=N–C) groups is 1. The lowest BCUT2D eigenvalue weighted by atomic mass is 10.1. The summed E-state index contributed by atoms with van der Waals surface area (Å²) in [6.07, 6.45) is 2.47. The third-order valence-corrected chi connectivity index (χ3v) is 7.08. The van der Waals surface area contributed by atoms with Crippen molar-refractivity contribution in [3.63, 3.8) is 0 Å². The molecule has 0 radical (unpaired) electrons. The molecule has 2 aromatic carbocycles. The second-order valence-corrected chi connectivity index (χ2v) is 10.4. The number of ether oxygens (including phenoxy) is 2. The lowest BCUT2D eigenvalue weighted by Gasteiger charge is -2.12. The van der Waals surface area contributed by atoms with Crippen molar-refractivity contribution in [1.29, 1.82) is 0 Å². The molecule has 0 aliphatic carbocycles. The van der Waals surface area contributed by atoms with Gasteiger partial charge in [-0.05, 0) is 74.5 Å². The number of carbonyl (C=O) groups is 2. The van der Waals surface area contributed by atoms with E-state index in [1.807, 2.05) is 6.92 Å². The van der Waals surface area contributed by atoms with Gasteiger partial charge in [0.05, 0.1) is 25.4 Å². The van der Waals surface area contributed by atoms with Crippen molar-refractivity contribution in [3.8, 4) is 5.75 Å². The summed E-state index contributed by atoms with van der Waals surface area (Å²) in [5.74, 6) is -0.986. The highest BCUT2D eigenvalue weighted by atomic mass is 79.9. The maximum absolute atomic E-state index is 12.5. The van der Waals surface area contributed by atoms with E-state index in [1.165, 1.54) is 12.1 Å². The molecule has 0 saturated carbocycles. The highest BCUT2D eigenvalue weighted by molar-refractivity contribution is 9.11. The Morgan fingerprint density at radius 1 is 1.19 bits per heavy atom. The van der Waals surface area contributed by atoms with E-state index in [9.17, 15) is 24.8 Å². The smallest absolute Gasteiger partial charge is 0.344 e. The number of benzene rings is 2. The molecule has 0 fully saturated rings. The van der Waals surface area contributed by atoms with Crippen LogP contribution in [0.25, 0.3) is 6.08 Å². The van der Waals surface area contributed by atoms with Crippen LogP contribution in [0.3, 0.4) is 0 Å². The Kier molecular flexibility index (Phi) is 10.1. The molecule has 9 nitrogen and oxygen atoms in total. The van der Waals surface area contributed by atoms with Crippen LogP contribution in [0.15, 0.2) is 66.6 Å². The van der Waals surface area contributed by atoms with Crippen molar-refractivity contribution in [1.82, 2.24) is 0 Å². The van der Waals surface area contributed by atoms with Crippen LogP contribution in [-0.4, -0.2) is 33.6 Å². The van der Waals surface area contributed by atoms with Gasteiger partial charge in [-0.15, -0.1) is 0 Å². The van der Waals surface area contributed by atoms with E-state index in [1.54, 1.807) is 37.3 Å². The van der Waals surface area contributed by atoms with E-state index >= 15 is 0 Å². The van der Waals surface area contributed by atoms with Gasteiger partial charge >= 0.3 is 5.97 Å². The van der Waals surface area contributed by atoms with Crippen molar-refractivity contribution in [2.24, 2.45) is 4.99 Å². The van der Waals surface area contributed by atoms with Gasteiger partial charge in [0.2, 0.25) is 5.91 Å². The highest BCUT2D eigenvalue weighted by Gasteiger charge is 2.33. The van der Waals surface area contributed by atoms with Crippen molar-refractivity contribution < 1.29 is 29.1 Å². The lowest BCUT2D eigenvalue weighted by molar-refractivity contribution is -0.384. The topological polar surface area (TPSA) is 128 Å². The Hall–Kier alpha value is -2.96. The summed E-state index contributed by atoms with van der Waals surface area (Å²) in [6.45, 7) is 3.70. The lowest BCUT2D eigenvalue weighted by Crippen LogP contribution is -2.14. The third kappa shape index (κ3) is 7.30. The van der Waals surface area contributed by atoms with Crippen LogP contribution in [0.4, 0.5) is 5.69 Å². The third-order valence-electron chi connectivity index (χ3n) is 4.88. The molecule has 0 saturated heterocycles. The van der Waals surface area contributed by atoms with Crippen LogP contribution in [0.2, 0.25) is 0 Å². The predicted octanol–water partition coefficient (Wildman–Crippen LogP) is 6.89. The molecule has 2 aromatic rings. The summed E-state index contributed by atoms with van der Waals surface area (Å²) in [5, 5.41) is 21.9. The normalized spacial score (nSPS) is 15.4. The van der Waals surface area contributed by atoms with Gasteiger partial charge in [-0.1, -0.05) is 30.8 Å². The molecule has 0 aromatic heterocycles. The number of amides is 1. The largest absolute Gasteiger partial charge is 0.506 e. The van der Waals surface area contributed by atoms with Crippen LogP contribution >= 0.6 is 43.6 Å². The first-order chi connectivity index (χ1) is 17.6. The van der Waals surface area contributed by atoms with Gasteiger partial charge in [0, 0.05) is 18.6 Å². The fourth-order valence-corrected chi connectivity index (χ4v) is 5.72. The summed E-state index contributed by atoms with van der Waals surface area (Å²) >= 11 is 7.96. The predicted molar refractivity (Wildman–Crippen MR) is 148 cm³/mol. The van der Waals surface area contributed by atoms with Crippen LogP contribution in [0, 0.1) is 10.1 Å². The number of nitrogens with zero attached hydrogens (tertiary/aromatic N) is 2. The van der Waals surface area contributed by atoms with Gasteiger partial charge in [0.15, 0.2) is 0 Å². The van der Waals surface area contributed by atoms with Gasteiger partial charge in [-0.2, -0.15) is 0 Å². The molecule has 1 N–H and O–H groups in total. The highest BCUT2D eigenvalue weighted by Crippen LogP contribution is 2.41. The zero-order valence-corrected chi connectivity index (χ0v) is 23.8. The fraction of sp³-hybridized carbons (Fsp3) is 0.240. The van der Waals surface area contributed by atoms with E-state index in [2.05, 4.69) is 36.9 Å². The number of non-ortho nitro benzene ring substituents is 1. The van der Waals surface area contributed by atoms with Gasteiger partial charge in [0.25, 0.3) is 5.69 Å². The Balaban J connectivity index is 1.88. The Morgan fingerprint density at radius 2 is 1.89 bits per heavy atom. The molecule has 3 rings (SSSR count). The summed E-state index contributed by atoms with van der Waals surface area (Å²) in [4.78, 5) is 39.4. The van der Waals surface area contributed by atoms with E-state index in [0.717, 1.165) is 11.8 Å². The van der Waals surface area contributed by atoms with E-state index in [-0.39, 0.29) is 41.7 Å². The molecule has 1 aliphatic heterocycles. The van der Waals surface area contributed by atoms with Crippen molar-refractivity contribution in [3.05, 3.63) is 82.8 Å². The summed E-state index contributed by atoms with van der Waals surface area (Å²) in [5.41, 5.74) is 1.12. The van der Waals surface area contributed by atoms with Crippen LogP contribution in [0.1, 0.15) is 37.8 Å². The number of halogens is 2. The Bertz CT molecular complexity index is 1320. The Morgan fingerprint density at radius 3 is 2.51 bits per heavy atom. The monoisotopic (exact) mass is 652 g/mol. The summed E-state index contributed by atoms with van der Waals surface area (Å²) in [7, 11) is 0. The van der Waals surface area contributed by atoms with Gasteiger partial charge in [0.1, 0.15) is 28.7 Å². The first kappa shape index (κ1) is 28.6. The number of thioether (sulfide) groups is 1. The molecule has 1 aliphatic rings. The van der Waals surface area contributed by atoms with Gasteiger partial charge in [-0.3, -0.25) is 14.9 Å². The average molecular weight is 654 g/mol. The number of aliphatic hydroxyl groups is 1. The molecule has 194 valence electrons. The second-order valence-electron chi connectivity index (χ2n) is 7.64. The second kappa shape index (κ2) is 13.0. The average Bonchev–Trinajstić information content (AvgIpc) is 3.13. The SMILES string of the molecule is CCCC(=O)N=C1S/C(=C\c2cc(Br)c(OCc3cccc([N+](=O)[O-])c3)c(Br)c2)C(O)=C1C(=O)OCC. The number of nitro groups is 1. The standard InChI is InChI=1S/C25H22Br2N2O7S/c1-3-6-20(30)28-24-21(25(32)35-4-2)22(31)19(37-24)12-15-10-17(26)23(18(27)11-15)36-13-14-7-5-8-16(9-14)29(33)34/h5,7-12,31H,3-4,6,13H2,1-2H3/b19-12-,28-24?. The molecule has 37 heavy (non-hydrogen) atoms. The molecule has 0 unspecified atom stereocenters. The van der Waals surface area contributed by atoms with Gasteiger partial charge in [-0.25, -0.2) is 9.79 Å². The molecule has 0 bridgehead atoms. The maximum Gasteiger partial charge on any atom is 0.344 e. The van der Waals surface area contributed by atoms with E-state index in [0.29, 0.717) is 37.1 Å². The maximum atomic E-state index is 12.5. The molecule has 0 atom stereocenters. The number of aliphatic hydroxyl groups excluding tert-OH is 1. The first-order valence-corrected chi connectivity index (χ1v) is 13.5. The Labute approximate surface area is 234 Å². The zero-order valence-electron chi connectivity index (χ0n) is 19.8. The molecule has 1 amide bonds. The number of carbonyl (C=O) groups excluding carboxylic acids is 2. The van der Waals surface area contributed by atoms with Crippen molar-refractivity contribution >= 4 is 72.3 Å². The molecular weight excluding hydrogens is 632 g/mol. The zero-order chi connectivity index (χ0) is 27.1. The molecule has 0 spiro atoms. The van der Waals surface area contributed by atoms with Crippen LogP contribution in [0.5, 0.6) is 5.75 Å². The molecular formula is C25H22Br2N2O7S. The minimum atomic E-state index is -0.758. The molecule has 12 heteroatoms. The number of hydrogen-bond acceptors (Lipinski definition) is 8. The number of hydrogen-bond donors (Lipinski definition) is 1. The van der Waals surface area contributed by atoms with E-state index in [4.69, 9.17) is 9.47 Å².